The van der Waals surface area contributed by atoms with Gasteiger partial charge in [0.25, 0.3) is 0 Å². The Balaban J connectivity index is 2.22. The van der Waals surface area contributed by atoms with E-state index < -0.39 is 28.8 Å². The van der Waals surface area contributed by atoms with Crippen LogP contribution in [0.25, 0.3) is 11.3 Å². The molecule has 1 fully saturated rings. The summed E-state index contributed by atoms with van der Waals surface area (Å²) in [6, 6.07) is 3.08. The quantitative estimate of drug-likeness (QED) is 0.607. The second-order valence-corrected chi connectivity index (χ2v) is 6.20. The molecule has 0 spiro atoms. The Morgan fingerprint density at radius 2 is 1.88 bits per heavy atom. The van der Waals surface area contributed by atoms with Gasteiger partial charge in [-0.15, -0.1) is 0 Å². The lowest BCUT2D eigenvalue weighted by Crippen LogP contribution is -2.23. The monoisotopic (exact) mass is 355 g/mol. The molecule has 0 saturated heterocycles. The van der Waals surface area contributed by atoms with Crippen LogP contribution >= 0.6 is 11.6 Å². The molecule has 0 N–H and O–H groups in total. The summed E-state index contributed by atoms with van der Waals surface area (Å²) in [5.74, 6) is -3.13. The van der Waals surface area contributed by atoms with E-state index in [1.165, 1.54) is 20.1 Å². The topological polar surface area (TPSA) is 39.2 Å². The van der Waals surface area contributed by atoms with Crippen LogP contribution in [0.3, 0.4) is 0 Å². The molecule has 0 amide bonds. The first kappa shape index (κ1) is 16.8. The van der Waals surface area contributed by atoms with E-state index in [-0.39, 0.29) is 27.5 Å². The van der Waals surface area contributed by atoms with E-state index in [2.05, 4.69) is 4.98 Å². The SMILES string of the molecule is COC(=O)C1(c2cc(Cl)nc(-c3cc(C)c(F)cc3F)c2F)CC1. The summed E-state index contributed by atoms with van der Waals surface area (Å²) < 4.78 is 47.3. The molecule has 1 saturated carbocycles. The van der Waals surface area contributed by atoms with Gasteiger partial charge in [0.15, 0.2) is 5.82 Å². The summed E-state index contributed by atoms with van der Waals surface area (Å²) in [4.78, 5) is 15.8. The van der Waals surface area contributed by atoms with E-state index in [0.29, 0.717) is 18.9 Å². The van der Waals surface area contributed by atoms with Gasteiger partial charge in [-0.1, -0.05) is 11.6 Å². The van der Waals surface area contributed by atoms with E-state index in [1.807, 2.05) is 0 Å². The first-order chi connectivity index (χ1) is 11.3. The van der Waals surface area contributed by atoms with Crippen LogP contribution in [0.15, 0.2) is 18.2 Å². The predicted molar refractivity (Wildman–Crippen MR) is 82.2 cm³/mol. The third kappa shape index (κ3) is 2.55. The van der Waals surface area contributed by atoms with Crippen molar-refractivity contribution in [2.24, 2.45) is 0 Å². The number of rotatable bonds is 3. The van der Waals surface area contributed by atoms with Crippen molar-refractivity contribution >= 4 is 17.6 Å². The average Bonchev–Trinajstić information content (AvgIpc) is 3.34. The highest BCUT2D eigenvalue weighted by Crippen LogP contribution is 2.51. The molecule has 1 aliphatic rings. The molecule has 1 aliphatic carbocycles. The number of hydrogen-bond acceptors (Lipinski definition) is 3. The molecule has 126 valence electrons. The molecule has 7 heteroatoms. The van der Waals surface area contributed by atoms with Crippen molar-refractivity contribution in [1.29, 1.82) is 0 Å². The smallest absolute Gasteiger partial charge is 0.316 e. The van der Waals surface area contributed by atoms with Gasteiger partial charge < -0.3 is 4.74 Å². The van der Waals surface area contributed by atoms with Crippen molar-refractivity contribution in [1.82, 2.24) is 4.98 Å². The van der Waals surface area contributed by atoms with E-state index >= 15 is 0 Å². The Morgan fingerprint density at radius 1 is 1.21 bits per heavy atom. The Labute approximate surface area is 141 Å². The fourth-order valence-electron chi connectivity index (χ4n) is 2.77. The molecular weight excluding hydrogens is 343 g/mol. The van der Waals surface area contributed by atoms with Gasteiger partial charge >= 0.3 is 5.97 Å². The normalized spacial score (nSPS) is 15.2. The number of aromatic nitrogens is 1. The maximum Gasteiger partial charge on any atom is 0.316 e. The van der Waals surface area contributed by atoms with E-state index in [1.54, 1.807) is 0 Å². The average molecular weight is 356 g/mol. The Hall–Kier alpha value is -2.08. The largest absolute Gasteiger partial charge is 0.468 e. The van der Waals surface area contributed by atoms with Crippen molar-refractivity contribution in [3.63, 3.8) is 0 Å². The summed E-state index contributed by atoms with van der Waals surface area (Å²) >= 11 is 5.95. The molecule has 3 rings (SSSR count). The number of benzene rings is 1. The number of methoxy groups -OCH3 is 1. The number of ether oxygens (including phenoxy) is 1. The number of pyridine rings is 1. The van der Waals surface area contributed by atoms with E-state index in [0.717, 1.165) is 6.07 Å². The van der Waals surface area contributed by atoms with Crippen LogP contribution in [-0.2, 0) is 14.9 Å². The maximum atomic E-state index is 15.0. The lowest BCUT2D eigenvalue weighted by Gasteiger charge is -2.16. The first-order valence-corrected chi connectivity index (χ1v) is 7.59. The Bertz CT molecular complexity index is 850. The number of hydrogen-bond donors (Lipinski definition) is 0. The molecule has 0 aliphatic heterocycles. The molecule has 0 atom stereocenters. The van der Waals surface area contributed by atoms with Crippen LogP contribution < -0.4 is 0 Å². The summed E-state index contributed by atoms with van der Waals surface area (Å²) in [6.07, 6.45) is 0.808. The zero-order chi connectivity index (χ0) is 17.6. The number of esters is 1. The van der Waals surface area contributed by atoms with Gasteiger partial charge in [0.2, 0.25) is 0 Å². The standard InChI is InChI=1S/C17H13ClF3NO2/c1-8-5-9(12(20)7-11(8)19)15-14(21)10(6-13(18)22-15)17(3-4-17)16(23)24-2/h5-7H,3-4H2,1-2H3. The number of carbonyl (C=O) groups excluding carboxylic acids is 1. The van der Waals surface area contributed by atoms with Crippen molar-refractivity contribution in [3.8, 4) is 11.3 Å². The second kappa shape index (κ2) is 5.77. The molecule has 1 aromatic heterocycles. The predicted octanol–water partition coefficient (Wildman–Crippen LogP) is 4.33. The van der Waals surface area contributed by atoms with Crippen LogP contribution in [0, 0.1) is 24.4 Å². The number of nitrogens with zero attached hydrogens (tertiary/aromatic N) is 1. The lowest BCUT2D eigenvalue weighted by atomic mass is 9.94. The molecule has 1 aromatic carbocycles. The van der Waals surface area contributed by atoms with Crippen molar-refractivity contribution in [2.45, 2.75) is 25.2 Å². The van der Waals surface area contributed by atoms with E-state index in [9.17, 15) is 18.0 Å². The van der Waals surface area contributed by atoms with Crippen molar-refractivity contribution in [3.05, 3.63) is 51.9 Å². The minimum absolute atomic E-state index is 0.0192. The van der Waals surface area contributed by atoms with Crippen LogP contribution in [0.4, 0.5) is 13.2 Å². The fraction of sp³-hybridized carbons (Fsp3) is 0.294. The molecule has 0 bridgehead atoms. The van der Waals surface area contributed by atoms with Crippen LogP contribution in [0.5, 0.6) is 0 Å². The van der Waals surface area contributed by atoms with Crippen molar-refractivity contribution < 1.29 is 22.7 Å². The van der Waals surface area contributed by atoms with Gasteiger partial charge in [-0.3, -0.25) is 4.79 Å². The lowest BCUT2D eigenvalue weighted by molar-refractivity contribution is -0.143. The minimum atomic E-state index is -1.12. The van der Waals surface area contributed by atoms with Gasteiger partial charge in [0.1, 0.15) is 22.5 Å². The van der Waals surface area contributed by atoms with Crippen LogP contribution in [0.1, 0.15) is 24.0 Å². The minimum Gasteiger partial charge on any atom is -0.468 e. The maximum absolute atomic E-state index is 15.0. The molecule has 3 nitrogen and oxygen atoms in total. The van der Waals surface area contributed by atoms with Crippen molar-refractivity contribution in [2.75, 3.05) is 7.11 Å². The summed E-state index contributed by atoms with van der Waals surface area (Å²) in [6.45, 7) is 1.43. The zero-order valence-corrected chi connectivity index (χ0v) is 13.7. The summed E-state index contributed by atoms with van der Waals surface area (Å²) in [5, 5.41) is -0.0852. The first-order valence-electron chi connectivity index (χ1n) is 7.21. The van der Waals surface area contributed by atoms with Gasteiger partial charge in [-0.2, -0.15) is 0 Å². The number of carbonyl (C=O) groups is 1. The highest BCUT2D eigenvalue weighted by Gasteiger charge is 2.54. The summed E-state index contributed by atoms with van der Waals surface area (Å²) in [5.41, 5.74) is -1.52. The second-order valence-electron chi connectivity index (χ2n) is 5.81. The third-order valence-corrected chi connectivity index (χ3v) is 4.47. The van der Waals surface area contributed by atoms with Gasteiger partial charge in [-0.25, -0.2) is 18.2 Å². The van der Waals surface area contributed by atoms with E-state index in [4.69, 9.17) is 16.3 Å². The van der Waals surface area contributed by atoms with Gasteiger partial charge in [0, 0.05) is 17.2 Å². The Kier molecular flexibility index (Phi) is 4.03. The summed E-state index contributed by atoms with van der Waals surface area (Å²) in [7, 11) is 1.22. The highest BCUT2D eigenvalue weighted by atomic mass is 35.5. The van der Waals surface area contributed by atoms with Gasteiger partial charge in [-0.05, 0) is 37.5 Å². The highest BCUT2D eigenvalue weighted by molar-refractivity contribution is 6.29. The fourth-order valence-corrected chi connectivity index (χ4v) is 2.96. The molecule has 2 aromatic rings. The zero-order valence-electron chi connectivity index (χ0n) is 12.9. The molecule has 1 heterocycles. The van der Waals surface area contributed by atoms with Gasteiger partial charge in [0.05, 0.1) is 12.5 Å². The van der Waals surface area contributed by atoms with Crippen LogP contribution in [-0.4, -0.2) is 18.1 Å². The van der Waals surface area contributed by atoms with Crippen LogP contribution in [0.2, 0.25) is 5.15 Å². The number of aryl methyl sites for hydroxylation is 1. The molecular formula is C17H13ClF3NO2. The number of halogens is 4. The molecule has 24 heavy (non-hydrogen) atoms. The Morgan fingerprint density at radius 3 is 2.46 bits per heavy atom. The third-order valence-electron chi connectivity index (χ3n) is 4.27. The molecule has 0 unspecified atom stereocenters. The molecule has 0 radical (unpaired) electrons.